The van der Waals surface area contributed by atoms with Crippen molar-refractivity contribution in [2.24, 2.45) is 11.8 Å². The molecule has 3 heterocycles. The number of anilines is 1. The van der Waals surface area contributed by atoms with Crippen LogP contribution in [0.4, 0.5) is 5.69 Å². The molecule has 2 unspecified atom stereocenters. The molecule has 2 aliphatic rings. The van der Waals surface area contributed by atoms with Crippen LogP contribution < -0.4 is 15.0 Å². The summed E-state index contributed by atoms with van der Waals surface area (Å²) in [5.41, 5.74) is 1.21. The second kappa shape index (κ2) is 5.14. The van der Waals surface area contributed by atoms with E-state index in [4.69, 9.17) is 4.74 Å². The van der Waals surface area contributed by atoms with Gasteiger partial charge in [-0.25, -0.2) is 0 Å². The minimum absolute atomic E-state index is 0.764. The first-order valence-corrected chi connectivity index (χ1v) is 6.90. The Morgan fingerprint density at radius 1 is 1.33 bits per heavy atom. The maximum Gasteiger partial charge on any atom is 0.139 e. The molecule has 0 aliphatic carbocycles. The third-order valence-electron chi connectivity index (χ3n) is 3.93. The number of nitrogens with zero attached hydrogens (tertiary/aromatic N) is 2. The van der Waals surface area contributed by atoms with Crippen molar-refractivity contribution in [3.8, 4) is 5.75 Å². The van der Waals surface area contributed by atoms with E-state index in [1.807, 2.05) is 6.20 Å². The van der Waals surface area contributed by atoms with E-state index >= 15 is 0 Å². The highest BCUT2D eigenvalue weighted by atomic mass is 16.5. The number of hydrogen-bond acceptors (Lipinski definition) is 4. The van der Waals surface area contributed by atoms with Crippen LogP contribution in [0.5, 0.6) is 5.75 Å². The first kappa shape index (κ1) is 11.8. The van der Waals surface area contributed by atoms with Gasteiger partial charge < -0.3 is 15.0 Å². The summed E-state index contributed by atoms with van der Waals surface area (Å²) in [5.74, 6) is 2.51. The fraction of sp³-hybridized carbons (Fsp3) is 0.643. The predicted molar refractivity (Wildman–Crippen MR) is 72.1 cm³/mol. The lowest BCUT2D eigenvalue weighted by Crippen LogP contribution is -2.25. The molecule has 0 bridgehead atoms. The molecule has 4 nitrogen and oxygen atoms in total. The van der Waals surface area contributed by atoms with Gasteiger partial charge >= 0.3 is 0 Å². The third-order valence-corrected chi connectivity index (χ3v) is 3.93. The summed E-state index contributed by atoms with van der Waals surface area (Å²) in [6.07, 6.45) is 4.79. The number of rotatable bonds is 4. The van der Waals surface area contributed by atoms with Crippen LogP contribution in [0.15, 0.2) is 18.5 Å². The predicted octanol–water partition coefficient (Wildman–Crippen LogP) is 1.53. The molecule has 1 aromatic rings. The molecule has 2 aliphatic heterocycles. The van der Waals surface area contributed by atoms with Gasteiger partial charge in [-0.1, -0.05) is 6.92 Å². The molecule has 1 N–H and O–H groups in total. The minimum atomic E-state index is 0.764. The SMILES string of the molecule is CCCOc1cncc(N2CC3CNCC3C2)c1. The fourth-order valence-corrected chi connectivity index (χ4v) is 2.95. The Bertz CT molecular complexity index is 398. The molecule has 2 saturated heterocycles. The molecule has 0 aromatic carbocycles. The summed E-state index contributed by atoms with van der Waals surface area (Å²) in [7, 11) is 0. The van der Waals surface area contributed by atoms with Crippen LogP contribution >= 0.6 is 0 Å². The van der Waals surface area contributed by atoms with Gasteiger partial charge in [0.2, 0.25) is 0 Å². The standard InChI is InChI=1S/C14H21N3O/c1-2-3-18-14-4-13(7-16-8-14)17-9-11-5-15-6-12(11)10-17/h4,7-8,11-12,15H,2-3,5-6,9-10H2,1H3. The van der Waals surface area contributed by atoms with Crippen LogP contribution in [0.2, 0.25) is 0 Å². The average molecular weight is 247 g/mol. The van der Waals surface area contributed by atoms with Gasteiger partial charge in [-0.3, -0.25) is 4.98 Å². The van der Waals surface area contributed by atoms with E-state index in [9.17, 15) is 0 Å². The van der Waals surface area contributed by atoms with Crippen molar-refractivity contribution >= 4 is 5.69 Å². The normalized spacial score (nSPS) is 26.4. The van der Waals surface area contributed by atoms with Crippen molar-refractivity contribution in [3.05, 3.63) is 18.5 Å². The van der Waals surface area contributed by atoms with Crippen LogP contribution in [-0.4, -0.2) is 37.8 Å². The number of pyridine rings is 1. The van der Waals surface area contributed by atoms with Gasteiger partial charge in [0.1, 0.15) is 5.75 Å². The molecule has 2 fully saturated rings. The van der Waals surface area contributed by atoms with E-state index < -0.39 is 0 Å². The number of ether oxygens (including phenoxy) is 1. The quantitative estimate of drug-likeness (QED) is 0.875. The van der Waals surface area contributed by atoms with Crippen LogP contribution in [0.25, 0.3) is 0 Å². The second-order valence-electron chi connectivity index (χ2n) is 5.31. The van der Waals surface area contributed by atoms with Gasteiger partial charge in [0, 0.05) is 32.2 Å². The summed E-state index contributed by atoms with van der Waals surface area (Å²) >= 11 is 0. The maximum atomic E-state index is 5.65. The number of hydrogen-bond donors (Lipinski definition) is 1. The van der Waals surface area contributed by atoms with Gasteiger partial charge in [-0.15, -0.1) is 0 Å². The largest absolute Gasteiger partial charge is 0.492 e. The van der Waals surface area contributed by atoms with E-state index in [1.54, 1.807) is 6.20 Å². The molecule has 3 rings (SSSR count). The summed E-state index contributed by atoms with van der Waals surface area (Å²) in [5, 5.41) is 3.47. The van der Waals surface area contributed by atoms with Crippen molar-refractivity contribution in [3.63, 3.8) is 0 Å². The monoisotopic (exact) mass is 247 g/mol. The van der Waals surface area contributed by atoms with Crippen molar-refractivity contribution in [2.45, 2.75) is 13.3 Å². The van der Waals surface area contributed by atoms with Crippen LogP contribution in [0.1, 0.15) is 13.3 Å². The molecule has 0 spiro atoms. The zero-order chi connectivity index (χ0) is 12.4. The Kier molecular flexibility index (Phi) is 3.37. The van der Waals surface area contributed by atoms with E-state index in [0.717, 1.165) is 43.7 Å². The van der Waals surface area contributed by atoms with Crippen molar-refractivity contribution in [2.75, 3.05) is 37.7 Å². The lowest BCUT2D eigenvalue weighted by atomic mass is 10.0. The smallest absolute Gasteiger partial charge is 0.139 e. The first-order valence-electron chi connectivity index (χ1n) is 6.90. The summed E-state index contributed by atoms with van der Waals surface area (Å²) in [4.78, 5) is 6.74. The summed E-state index contributed by atoms with van der Waals surface area (Å²) in [6.45, 7) is 7.51. The Morgan fingerprint density at radius 3 is 2.83 bits per heavy atom. The second-order valence-corrected chi connectivity index (χ2v) is 5.31. The van der Waals surface area contributed by atoms with Gasteiger partial charge in [-0.2, -0.15) is 0 Å². The Labute approximate surface area is 108 Å². The molecule has 2 atom stereocenters. The Balaban J connectivity index is 1.69. The van der Waals surface area contributed by atoms with E-state index in [-0.39, 0.29) is 0 Å². The van der Waals surface area contributed by atoms with Crippen LogP contribution in [0.3, 0.4) is 0 Å². The molecular weight excluding hydrogens is 226 g/mol. The van der Waals surface area contributed by atoms with E-state index in [0.29, 0.717) is 0 Å². The highest BCUT2D eigenvalue weighted by Crippen LogP contribution is 2.31. The van der Waals surface area contributed by atoms with Crippen molar-refractivity contribution < 1.29 is 4.74 Å². The van der Waals surface area contributed by atoms with Gasteiger partial charge in [0.05, 0.1) is 24.7 Å². The zero-order valence-corrected chi connectivity index (χ0v) is 10.9. The maximum absolute atomic E-state index is 5.65. The van der Waals surface area contributed by atoms with Gasteiger partial charge in [0.15, 0.2) is 0 Å². The summed E-state index contributed by atoms with van der Waals surface area (Å²) in [6, 6.07) is 2.12. The minimum Gasteiger partial charge on any atom is -0.492 e. The molecule has 0 saturated carbocycles. The lowest BCUT2D eigenvalue weighted by molar-refractivity contribution is 0.316. The number of nitrogens with one attached hydrogen (secondary N) is 1. The van der Waals surface area contributed by atoms with E-state index in [1.165, 1.54) is 18.8 Å². The molecule has 18 heavy (non-hydrogen) atoms. The van der Waals surface area contributed by atoms with Crippen molar-refractivity contribution in [1.29, 1.82) is 0 Å². The Hall–Kier alpha value is -1.29. The molecule has 98 valence electrons. The average Bonchev–Trinajstić information content (AvgIpc) is 2.97. The first-order chi connectivity index (χ1) is 8.86. The molecule has 0 radical (unpaired) electrons. The summed E-state index contributed by atoms with van der Waals surface area (Å²) < 4.78 is 5.65. The van der Waals surface area contributed by atoms with Crippen molar-refractivity contribution in [1.82, 2.24) is 10.3 Å². The zero-order valence-electron chi connectivity index (χ0n) is 10.9. The topological polar surface area (TPSA) is 37.4 Å². The third kappa shape index (κ3) is 2.29. The van der Waals surface area contributed by atoms with Crippen LogP contribution in [-0.2, 0) is 0 Å². The molecular formula is C14H21N3O. The number of fused-ring (bicyclic) bond motifs is 1. The molecule has 1 aromatic heterocycles. The molecule has 4 heteroatoms. The highest BCUT2D eigenvalue weighted by Gasteiger charge is 2.36. The van der Waals surface area contributed by atoms with Gasteiger partial charge in [-0.05, 0) is 18.3 Å². The Morgan fingerprint density at radius 2 is 2.11 bits per heavy atom. The fourth-order valence-electron chi connectivity index (χ4n) is 2.95. The van der Waals surface area contributed by atoms with E-state index in [2.05, 4.69) is 28.2 Å². The number of aromatic nitrogens is 1. The van der Waals surface area contributed by atoms with Crippen LogP contribution in [0, 0.1) is 11.8 Å². The molecule has 0 amide bonds. The lowest BCUT2D eigenvalue weighted by Gasteiger charge is -2.19. The van der Waals surface area contributed by atoms with Gasteiger partial charge in [0.25, 0.3) is 0 Å². The highest BCUT2D eigenvalue weighted by molar-refractivity contribution is 5.49.